The number of hydrogen-bond donors (Lipinski definition) is 1. The minimum Gasteiger partial charge on any atom is -0.846 e. The molecule has 1 atom stereocenters. The third-order valence-electron chi connectivity index (χ3n) is 7.91. The summed E-state index contributed by atoms with van der Waals surface area (Å²) in [6.45, 7) is 1.79. The van der Waals surface area contributed by atoms with Gasteiger partial charge in [-0.15, -0.1) is 0 Å². The number of halogens is 1. The zero-order valence-corrected chi connectivity index (χ0v) is 23.1. The summed E-state index contributed by atoms with van der Waals surface area (Å²) in [5, 5.41) is 15.2. The number of nitrogens with zero attached hydrogens (tertiary/aromatic N) is 3. The molecule has 2 aliphatic heterocycles. The Morgan fingerprint density at radius 3 is 2.60 bits per heavy atom. The number of carbonyl (C=O) groups excluding carboxylic acids is 1. The van der Waals surface area contributed by atoms with E-state index in [0.717, 1.165) is 53.4 Å². The van der Waals surface area contributed by atoms with Crippen LogP contribution in [0.25, 0.3) is 17.0 Å². The number of piperidine rings is 1. The van der Waals surface area contributed by atoms with Gasteiger partial charge in [0.2, 0.25) is 0 Å². The fourth-order valence-electron chi connectivity index (χ4n) is 5.80. The lowest BCUT2D eigenvalue weighted by atomic mass is 9.99. The number of aryl methyl sites for hydroxylation is 1. The SMILES string of the molecule is O=C(C(Cc1c[nH]c2ccccc12)N=C([O-])N1CCC(=Cc2ccccc2)CC1)N1CCCc2cc(Cl)ccc21. The highest BCUT2D eigenvalue weighted by molar-refractivity contribution is 6.30. The minimum atomic E-state index is -0.824. The molecule has 4 aromatic rings. The van der Waals surface area contributed by atoms with Crippen LogP contribution in [0.1, 0.15) is 36.0 Å². The van der Waals surface area contributed by atoms with Crippen LogP contribution in [-0.4, -0.2) is 47.5 Å². The van der Waals surface area contributed by atoms with Gasteiger partial charge in [0.15, 0.2) is 0 Å². The third-order valence-corrected chi connectivity index (χ3v) is 8.15. The predicted molar refractivity (Wildman–Crippen MR) is 161 cm³/mol. The minimum absolute atomic E-state index is 0.149. The number of aromatic nitrogens is 1. The van der Waals surface area contributed by atoms with Crippen molar-refractivity contribution < 1.29 is 9.90 Å². The van der Waals surface area contributed by atoms with Crippen molar-refractivity contribution >= 4 is 46.2 Å². The Hall–Kier alpha value is -4.03. The Morgan fingerprint density at radius 2 is 1.77 bits per heavy atom. The van der Waals surface area contributed by atoms with Crippen LogP contribution >= 0.6 is 11.6 Å². The monoisotopic (exact) mass is 551 g/mol. The second-order valence-electron chi connectivity index (χ2n) is 10.6. The normalized spacial score (nSPS) is 16.6. The number of amidine groups is 1. The van der Waals surface area contributed by atoms with E-state index in [-0.39, 0.29) is 11.9 Å². The highest BCUT2D eigenvalue weighted by Crippen LogP contribution is 2.31. The Kier molecular flexibility index (Phi) is 7.60. The van der Waals surface area contributed by atoms with Crippen LogP contribution in [0, 0.1) is 0 Å². The first-order chi connectivity index (χ1) is 19.5. The molecule has 0 saturated carbocycles. The predicted octanol–water partition coefficient (Wildman–Crippen LogP) is 5.61. The van der Waals surface area contributed by atoms with Crippen LogP contribution < -0.4 is 10.0 Å². The van der Waals surface area contributed by atoms with Crippen molar-refractivity contribution in [2.75, 3.05) is 24.5 Å². The topological polar surface area (TPSA) is 74.8 Å². The number of rotatable bonds is 5. The number of benzene rings is 3. The van der Waals surface area contributed by atoms with Crippen LogP contribution in [0.5, 0.6) is 0 Å². The number of likely N-dealkylation sites (tertiary alicyclic amines) is 1. The number of hydrogen-bond acceptors (Lipinski definition) is 3. The van der Waals surface area contributed by atoms with Gasteiger partial charge in [0.05, 0.1) is 6.02 Å². The molecule has 40 heavy (non-hydrogen) atoms. The second kappa shape index (κ2) is 11.6. The van der Waals surface area contributed by atoms with E-state index in [4.69, 9.17) is 11.6 Å². The standard InChI is InChI=1S/C33H33ClN4O2/c34-27-12-13-31-25(20-27)9-6-16-38(31)32(39)30(21-26-22-35-29-11-5-4-10-28(26)29)36-33(40)37-17-14-24(15-18-37)19-23-7-2-1-3-8-23/h1-5,7-8,10-13,19-20,22,30,35H,6,9,14-18,21H2,(H,36,40)/p-1. The molecule has 0 aliphatic carbocycles. The summed E-state index contributed by atoms with van der Waals surface area (Å²) in [6.07, 6.45) is 7.81. The number of anilines is 1. The van der Waals surface area contributed by atoms with Crippen molar-refractivity contribution in [1.82, 2.24) is 9.88 Å². The van der Waals surface area contributed by atoms with Crippen molar-refractivity contribution in [3.8, 4) is 0 Å². The van der Waals surface area contributed by atoms with Crippen LogP contribution in [0.4, 0.5) is 5.69 Å². The number of amides is 1. The van der Waals surface area contributed by atoms with Crippen LogP contribution in [0.15, 0.2) is 89.6 Å². The number of fused-ring (bicyclic) bond motifs is 2. The number of aliphatic imine (C=N–C) groups is 1. The van der Waals surface area contributed by atoms with Crippen molar-refractivity contribution in [1.29, 1.82) is 0 Å². The number of H-pyrrole nitrogens is 1. The zero-order valence-electron chi connectivity index (χ0n) is 22.4. The molecule has 6 rings (SSSR count). The molecule has 1 N–H and O–H groups in total. The molecule has 3 heterocycles. The molecule has 1 saturated heterocycles. The van der Waals surface area contributed by atoms with Crippen molar-refractivity contribution in [2.24, 2.45) is 4.99 Å². The van der Waals surface area contributed by atoms with Crippen molar-refractivity contribution in [3.05, 3.63) is 106 Å². The second-order valence-corrected chi connectivity index (χ2v) is 11.0. The molecule has 0 radical (unpaired) electrons. The Bertz CT molecular complexity index is 1570. The van der Waals surface area contributed by atoms with Crippen molar-refractivity contribution in [3.63, 3.8) is 0 Å². The fraction of sp³-hybridized carbons (Fsp3) is 0.273. The lowest BCUT2D eigenvalue weighted by Gasteiger charge is -2.36. The third kappa shape index (κ3) is 5.63. The van der Waals surface area contributed by atoms with Gasteiger partial charge < -0.3 is 19.9 Å². The fourth-order valence-corrected chi connectivity index (χ4v) is 6.00. The molecule has 1 aromatic heterocycles. The Balaban J connectivity index is 1.26. The van der Waals surface area contributed by atoms with Gasteiger partial charge >= 0.3 is 0 Å². The molecule has 1 amide bonds. The highest BCUT2D eigenvalue weighted by atomic mass is 35.5. The quantitative estimate of drug-likeness (QED) is 0.259. The molecule has 0 bridgehead atoms. The van der Waals surface area contributed by atoms with Crippen molar-refractivity contribution in [2.45, 2.75) is 38.1 Å². The average Bonchev–Trinajstić information content (AvgIpc) is 3.39. The summed E-state index contributed by atoms with van der Waals surface area (Å²) in [5.41, 5.74) is 6.39. The first-order valence-electron chi connectivity index (χ1n) is 13.9. The molecule has 1 unspecified atom stereocenters. The van der Waals surface area contributed by atoms with Crippen LogP contribution in [-0.2, 0) is 17.6 Å². The van der Waals surface area contributed by atoms with E-state index < -0.39 is 6.04 Å². The van der Waals surface area contributed by atoms with Gasteiger partial charge in [-0.25, -0.2) is 0 Å². The maximum atomic E-state index is 14.1. The summed E-state index contributed by atoms with van der Waals surface area (Å²) in [4.78, 5) is 25.5. The molecule has 3 aromatic carbocycles. The average molecular weight is 552 g/mol. The van der Waals surface area contributed by atoms with E-state index >= 15 is 0 Å². The molecular formula is C33H32ClN4O2-. The van der Waals surface area contributed by atoms with E-state index in [0.29, 0.717) is 31.1 Å². The summed E-state index contributed by atoms with van der Waals surface area (Å²) >= 11 is 6.25. The zero-order chi connectivity index (χ0) is 27.5. The maximum absolute atomic E-state index is 14.1. The first-order valence-corrected chi connectivity index (χ1v) is 14.3. The van der Waals surface area contributed by atoms with E-state index in [2.05, 4.69) is 28.2 Å². The van der Waals surface area contributed by atoms with E-state index in [9.17, 15) is 9.90 Å². The number of para-hydroxylation sites is 1. The summed E-state index contributed by atoms with van der Waals surface area (Å²) in [7, 11) is 0. The van der Waals surface area contributed by atoms with E-state index in [1.807, 2.05) is 66.9 Å². The Labute approximate surface area is 239 Å². The van der Waals surface area contributed by atoms with E-state index in [1.54, 1.807) is 9.80 Å². The van der Waals surface area contributed by atoms with Crippen LogP contribution in [0.3, 0.4) is 0 Å². The first kappa shape index (κ1) is 26.2. The number of nitrogens with one attached hydrogen (secondary N) is 1. The van der Waals surface area contributed by atoms with Gasteiger partial charge in [-0.3, -0.25) is 9.79 Å². The van der Waals surface area contributed by atoms with Crippen LogP contribution in [0.2, 0.25) is 5.02 Å². The Morgan fingerprint density at radius 1 is 1.00 bits per heavy atom. The van der Waals surface area contributed by atoms with Gasteiger partial charge in [-0.1, -0.05) is 71.8 Å². The molecule has 6 nitrogen and oxygen atoms in total. The van der Waals surface area contributed by atoms with Gasteiger partial charge in [-0.05, 0) is 66.6 Å². The lowest BCUT2D eigenvalue weighted by Crippen LogP contribution is -2.47. The molecule has 1 fully saturated rings. The maximum Gasteiger partial charge on any atom is 0.252 e. The largest absolute Gasteiger partial charge is 0.846 e. The molecule has 204 valence electrons. The van der Waals surface area contributed by atoms with Gasteiger partial charge in [0.1, 0.15) is 6.04 Å². The molecule has 0 spiro atoms. The summed E-state index contributed by atoms with van der Waals surface area (Å²) < 4.78 is 0. The van der Waals surface area contributed by atoms with E-state index in [1.165, 1.54) is 11.1 Å². The number of aromatic amines is 1. The smallest absolute Gasteiger partial charge is 0.252 e. The van der Waals surface area contributed by atoms with Gasteiger partial charge in [0.25, 0.3) is 5.91 Å². The summed E-state index contributed by atoms with van der Waals surface area (Å²) in [6, 6.07) is 22.8. The van der Waals surface area contributed by atoms with Gasteiger partial charge in [0, 0.05) is 53.9 Å². The highest BCUT2D eigenvalue weighted by Gasteiger charge is 2.30. The summed E-state index contributed by atoms with van der Waals surface area (Å²) in [5.74, 6) is -0.149. The number of carbonyl (C=O) groups is 1. The lowest BCUT2D eigenvalue weighted by molar-refractivity contribution is -0.236. The molecule has 2 aliphatic rings. The van der Waals surface area contributed by atoms with Gasteiger partial charge in [-0.2, -0.15) is 0 Å². The molecular weight excluding hydrogens is 520 g/mol. The molecule has 7 heteroatoms.